The molecule has 1 N–H and O–H groups in total. The molecule has 1 rings (SSSR count). The lowest BCUT2D eigenvalue weighted by atomic mass is 10.3. The van der Waals surface area contributed by atoms with Crippen molar-refractivity contribution in [1.29, 1.82) is 0 Å². The van der Waals surface area contributed by atoms with Gasteiger partial charge in [0.25, 0.3) is 0 Å². The molecule has 0 saturated heterocycles. The van der Waals surface area contributed by atoms with E-state index in [4.69, 9.17) is 29.6 Å². The third-order valence-electron chi connectivity index (χ3n) is 1.43. The summed E-state index contributed by atoms with van der Waals surface area (Å²) >= 11 is 11.2. The quantitative estimate of drug-likeness (QED) is 0.503. The lowest BCUT2D eigenvalue weighted by Gasteiger charge is -2.03. The van der Waals surface area contributed by atoms with E-state index in [-0.39, 0.29) is 28.6 Å². The monoisotopic (exact) mass is 243 g/mol. The maximum atomic E-state index is 11.2. The number of terminal acetylenes is 1. The summed E-state index contributed by atoms with van der Waals surface area (Å²) in [7, 11) is 0. The highest BCUT2D eigenvalue weighted by Gasteiger charge is 2.05. The fraction of sp³-hybridized carbons (Fsp3) is 0.222. The Morgan fingerprint density at radius 2 is 2.27 bits per heavy atom. The first-order chi connectivity index (χ1) is 7.11. The second-order valence-electron chi connectivity index (χ2n) is 2.60. The van der Waals surface area contributed by atoms with Gasteiger partial charge in [0.05, 0.1) is 0 Å². The van der Waals surface area contributed by atoms with E-state index >= 15 is 0 Å². The van der Waals surface area contributed by atoms with Gasteiger partial charge in [-0.25, -0.2) is 9.97 Å². The van der Waals surface area contributed by atoms with Crippen LogP contribution in [0.15, 0.2) is 6.07 Å². The topological polar surface area (TPSA) is 54.9 Å². The number of hydrogen-bond acceptors (Lipinski definition) is 3. The molecule has 0 aromatic carbocycles. The van der Waals surface area contributed by atoms with Crippen LogP contribution in [0.5, 0.6) is 0 Å². The molecule has 0 radical (unpaired) electrons. The van der Waals surface area contributed by atoms with Crippen molar-refractivity contribution in [1.82, 2.24) is 9.97 Å². The molecule has 0 saturated carbocycles. The Kier molecular flexibility index (Phi) is 4.35. The zero-order chi connectivity index (χ0) is 11.3. The average Bonchev–Trinajstić information content (AvgIpc) is 2.13. The number of rotatable bonds is 3. The molecule has 4 nitrogen and oxygen atoms in total. The first-order valence-electron chi connectivity index (χ1n) is 4.05. The van der Waals surface area contributed by atoms with E-state index in [0.717, 1.165) is 0 Å². The number of hydrogen-bond donors (Lipinski definition) is 1. The van der Waals surface area contributed by atoms with Gasteiger partial charge in [-0.05, 0) is 11.6 Å². The van der Waals surface area contributed by atoms with Crippen LogP contribution < -0.4 is 5.32 Å². The van der Waals surface area contributed by atoms with Crippen molar-refractivity contribution in [2.75, 3.05) is 5.32 Å². The van der Waals surface area contributed by atoms with Crippen molar-refractivity contribution in [2.24, 2.45) is 0 Å². The van der Waals surface area contributed by atoms with E-state index in [1.54, 1.807) is 0 Å². The van der Waals surface area contributed by atoms with Crippen LogP contribution in [-0.2, 0) is 4.79 Å². The van der Waals surface area contributed by atoms with Gasteiger partial charge < -0.3 is 5.32 Å². The van der Waals surface area contributed by atoms with Crippen molar-refractivity contribution in [2.45, 2.75) is 12.8 Å². The van der Waals surface area contributed by atoms with E-state index in [9.17, 15) is 4.79 Å². The minimum Gasteiger partial charge on any atom is -0.310 e. The molecular weight excluding hydrogens is 237 g/mol. The van der Waals surface area contributed by atoms with E-state index in [2.05, 4.69) is 21.2 Å². The van der Waals surface area contributed by atoms with E-state index in [0.29, 0.717) is 6.42 Å². The van der Waals surface area contributed by atoms with Gasteiger partial charge in [-0.2, -0.15) is 0 Å². The van der Waals surface area contributed by atoms with Gasteiger partial charge in [-0.1, -0.05) is 11.6 Å². The van der Waals surface area contributed by atoms with Crippen LogP contribution in [-0.4, -0.2) is 15.9 Å². The van der Waals surface area contributed by atoms with Crippen LogP contribution in [0.4, 0.5) is 5.82 Å². The van der Waals surface area contributed by atoms with Crippen LogP contribution in [0.1, 0.15) is 12.8 Å². The molecule has 1 aromatic heterocycles. The SMILES string of the molecule is C#CCCC(=O)Nc1cc(Cl)nc(Cl)n1. The number of halogens is 2. The van der Waals surface area contributed by atoms with Gasteiger partial charge in [0.1, 0.15) is 11.0 Å². The van der Waals surface area contributed by atoms with Crippen LogP contribution in [0.3, 0.4) is 0 Å². The molecule has 0 atom stereocenters. The number of carbonyl (C=O) groups excluding carboxylic acids is 1. The van der Waals surface area contributed by atoms with Crippen molar-refractivity contribution in [3.8, 4) is 12.3 Å². The molecule has 78 valence electrons. The van der Waals surface area contributed by atoms with Gasteiger partial charge in [-0.3, -0.25) is 4.79 Å². The van der Waals surface area contributed by atoms with Gasteiger partial charge in [0, 0.05) is 18.9 Å². The minimum atomic E-state index is -0.237. The number of aromatic nitrogens is 2. The van der Waals surface area contributed by atoms with Crippen LogP contribution in [0, 0.1) is 12.3 Å². The summed E-state index contributed by atoms with van der Waals surface area (Å²) in [5.74, 6) is 2.39. The molecule has 1 heterocycles. The summed E-state index contributed by atoms with van der Waals surface area (Å²) < 4.78 is 0. The summed E-state index contributed by atoms with van der Waals surface area (Å²) in [6, 6.07) is 1.40. The van der Waals surface area contributed by atoms with Gasteiger partial charge in [0.2, 0.25) is 11.2 Å². The number of carbonyl (C=O) groups is 1. The summed E-state index contributed by atoms with van der Waals surface area (Å²) in [6.45, 7) is 0. The summed E-state index contributed by atoms with van der Waals surface area (Å²) in [5.41, 5.74) is 0. The number of amides is 1. The normalized spacial score (nSPS) is 9.40. The summed E-state index contributed by atoms with van der Waals surface area (Å²) in [5, 5.41) is 2.65. The van der Waals surface area contributed by atoms with Gasteiger partial charge in [0.15, 0.2) is 0 Å². The molecule has 0 spiro atoms. The number of nitrogens with one attached hydrogen (secondary N) is 1. The Hall–Kier alpha value is -1.31. The zero-order valence-electron chi connectivity index (χ0n) is 7.63. The highest BCUT2D eigenvalue weighted by Crippen LogP contribution is 2.14. The van der Waals surface area contributed by atoms with Crippen LogP contribution >= 0.6 is 23.2 Å². The molecule has 6 heteroatoms. The maximum Gasteiger partial charge on any atom is 0.226 e. The third kappa shape index (κ3) is 4.15. The van der Waals surface area contributed by atoms with Crippen molar-refractivity contribution >= 4 is 34.9 Å². The molecule has 0 aliphatic carbocycles. The fourth-order valence-electron chi connectivity index (χ4n) is 0.845. The predicted octanol–water partition coefficient (Wildman–Crippen LogP) is 2.14. The lowest BCUT2D eigenvalue weighted by molar-refractivity contribution is -0.116. The summed E-state index contributed by atoms with van der Waals surface area (Å²) in [6.07, 6.45) is 5.63. The zero-order valence-corrected chi connectivity index (χ0v) is 9.14. The molecule has 0 fully saturated rings. The molecule has 1 amide bonds. The van der Waals surface area contributed by atoms with E-state index in [1.165, 1.54) is 6.07 Å². The molecule has 0 aliphatic heterocycles. The van der Waals surface area contributed by atoms with E-state index in [1.807, 2.05) is 0 Å². The standard InChI is InChI=1S/C9H7Cl2N3O/c1-2-3-4-8(15)13-7-5-6(10)12-9(11)14-7/h1,5H,3-4H2,(H,12,13,14,15). The fourth-order valence-corrected chi connectivity index (χ4v) is 1.25. The Bertz CT molecular complexity index is 394. The smallest absolute Gasteiger partial charge is 0.226 e. The summed E-state index contributed by atoms with van der Waals surface area (Å²) in [4.78, 5) is 18.6. The van der Waals surface area contributed by atoms with Crippen molar-refractivity contribution in [3.05, 3.63) is 16.5 Å². The average molecular weight is 244 g/mol. The Morgan fingerprint density at radius 1 is 1.53 bits per heavy atom. The van der Waals surface area contributed by atoms with Crippen LogP contribution in [0.25, 0.3) is 0 Å². The van der Waals surface area contributed by atoms with Crippen molar-refractivity contribution in [3.63, 3.8) is 0 Å². The number of anilines is 1. The lowest BCUT2D eigenvalue weighted by Crippen LogP contribution is -2.12. The van der Waals surface area contributed by atoms with Crippen molar-refractivity contribution < 1.29 is 4.79 Å². The Morgan fingerprint density at radius 3 is 2.87 bits per heavy atom. The second-order valence-corrected chi connectivity index (χ2v) is 3.32. The molecule has 0 aliphatic rings. The maximum absolute atomic E-state index is 11.2. The first-order valence-corrected chi connectivity index (χ1v) is 4.81. The molecule has 0 bridgehead atoms. The second kappa shape index (κ2) is 5.54. The molecule has 15 heavy (non-hydrogen) atoms. The largest absolute Gasteiger partial charge is 0.310 e. The highest BCUT2D eigenvalue weighted by molar-refractivity contribution is 6.32. The molecular formula is C9H7Cl2N3O. The highest BCUT2D eigenvalue weighted by atomic mass is 35.5. The first kappa shape index (κ1) is 11.8. The minimum absolute atomic E-state index is 0.0188. The van der Waals surface area contributed by atoms with Gasteiger partial charge in [-0.15, -0.1) is 12.3 Å². The number of nitrogens with zero attached hydrogens (tertiary/aromatic N) is 2. The molecule has 0 unspecified atom stereocenters. The van der Waals surface area contributed by atoms with Gasteiger partial charge >= 0.3 is 0 Å². The van der Waals surface area contributed by atoms with Crippen LogP contribution in [0.2, 0.25) is 10.4 Å². The third-order valence-corrected chi connectivity index (χ3v) is 1.79. The molecule has 1 aromatic rings. The Labute approximate surface area is 97.0 Å². The predicted molar refractivity (Wildman–Crippen MR) is 58.7 cm³/mol. The Balaban J connectivity index is 2.65. The van der Waals surface area contributed by atoms with E-state index < -0.39 is 0 Å².